The van der Waals surface area contributed by atoms with Crippen LogP contribution in [0.5, 0.6) is 0 Å². The zero-order chi connectivity index (χ0) is 16.7. The molecule has 0 radical (unpaired) electrons. The third-order valence-electron chi connectivity index (χ3n) is 4.27. The molecular weight excluding hydrogens is 300 g/mol. The molecule has 0 aromatic heterocycles. The lowest BCUT2D eigenvalue weighted by molar-refractivity contribution is -0.121. The van der Waals surface area contributed by atoms with Crippen LogP contribution < -0.4 is 11.1 Å². The van der Waals surface area contributed by atoms with E-state index in [1.165, 1.54) is 12.1 Å². The fraction of sp³-hybridized carbons (Fsp3) is 0.588. The second-order valence-corrected chi connectivity index (χ2v) is 6.01. The maximum Gasteiger partial charge on any atom is 0.263 e. The van der Waals surface area contributed by atoms with Crippen LogP contribution in [0.25, 0.3) is 0 Å². The van der Waals surface area contributed by atoms with Crippen molar-refractivity contribution in [1.29, 1.82) is 0 Å². The van der Waals surface area contributed by atoms with Gasteiger partial charge in [0.15, 0.2) is 0 Å². The molecule has 1 heterocycles. The minimum Gasteiger partial charge on any atom is -0.354 e. The van der Waals surface area contributed by atoms with Crippen molar-refractivity contribution in [1.82, 2.24) is 10.2 Å². The van der Waals surface area contributed by atoms with Gasteiger partial charge in [-0.3, -0.25) is 9.69 Å². The zero-order valence-electron chi connectivity index (χ0n) is 13.3. The average Bonchev–Trinajstić information content (AvgIpc) is 2.55. The van der Waals surface area contributed by atoms with E-state index in [0.29, 0.717) is 25.6 Å². The van der Waals surface area contributed by atoms with E-state index in [0.717, 1.165) is 37.9 Å². The highest BCUT2D eigenvalue weighted by Gasteiger charge is 2.22. The van der Waals surface area contributed by atoms with Gasteiger partial charge in [0.1, 0.15) is 0 Å². The van der Waals surface area contributed by atoms with Gasteiger partial charge in [-0.2, -0.15) is 0 Å². The number of benzene rings is 1. The van der Waals surface area contributed by atoms with Gasteiger partial charge >= 0.3 is 0 Å². The van der Waals surface area contributed by atoms with E-state index in [4.69, 9.17) is 5.73 Å². The van der Waals surface area contributed by atoms with Gasteiger partial charge in [0, 0.05) is 37.7 Å². The molecule has 1 saturated heterocycles. The summed E-state index contributed by atoms with van der Waals surface area (Å²) in [6.45, 7) is 2.67. The molecule has 1 aromatic rings. The maximum atomic E-state index is 12.6. The summed E-state index contributed by atoms with van der Waals surface area (Å²) < 4.78 is 25.2. The lowest BCUT2D eigenvalue weighted by atomic mass is 10.0. The number of hydrogen-bond donors (Lipinski definition) is 2. The number of amides is 1. The van der Waals surface area contributed by atoms with Crippen molar-refractivity contribution in [2.75, 3.05) is 19.6 Å². The van der Waals surface area contributed by atoms with Crippen LogP contribution in [0, 0.1) is 0 Å². The predicted octanol–water partition coefficient (Wildman–Crippen LogP) is 2.44. The maximum absolute atomic E-state index is 12.6. The van der Waals surface area contributed by atoms with Crippen LogP contribution in [0.2, 0.25) is 0 Å². The highest BCUT2D eigenvalue weighted by atomic mass is 19.3. The Morgan fingerprint density at radius 2 is 2.04 bits per heavy atom. The molecule has 0 spiro atoms. The SMILES string of the molecule is NCCC(=O)NCC1CCCCN1Cc1ccc(C(F)F)cc1. The van der Waals surface area contributed by atoms with Gasteiger partial charge in [0.05, 0.1) is 0 Å². The van der Waals surface area contributed by atoms with Crippen molar-refractivity contribution in [2.24, 2.45) is 5.73 Å². The van der Waals surface area contributed by atoms with Crippen molar-refractivity contribution in [2.45, 2.75) is 44.7 Å². The van der Waals surface area contributed by atoms with E-state index in [-0.39, 0.29) is 11.5 Å². The van der Waals surface area contributed by atoms with Crippen LogP contribution in [-0.4, -0.2) is 36.5 Å². The van der Waals surface area contributed by atoms with E-state index < -0.39 is 6.43 Å². The molecule has 1 fully saturated rings. The monoisotopic (exact) mass is 325 g/mol. The second-order valence-electron chi connectivity index (χ2n) is 6.01. The summed E-state index contributed by atoms with van der Waals surface area (Å²) in [5.41, 5.74) is 6.45. The molecule has 1 atom stereocenters. The Bertz CT molecular complexity index is 493. The van der Waals surface area contributed by atoms with E-state index in [2.05, 4.69) is 10.2 Å². The number of carbonyl (C=O) groups is 1. The molecular formula is C17H25F2N3O. The normalized spacial score (nSPS) is 19.0. The van der Waals surface area contributed by atoms with E-state index in [1.807, 2.05) is 0 Å². The number of alkyl halides is 2. The standard InChI is InChI=1S/C17H25F2N3O/c18-17(19)14-6-4-13(5-7-14)12-22-10-2-1-3-15(22)11-21-16(23)8-9-20/h4-7,15,17H,1-3,8-12,20H2,(H,21,23). The molecule has 23 heavy (non-hydrogen) atoms. The van der Waals surface area contributed by atoms with Gasteiger partial charge in [0.2, 0.25) is 5.91 Å². The summed E-state index contributed by atoms with van der Waals surface area (Å²) in [6.07, 6.45) is 1.24. The Balaban J connectivity index is 1.91. The second kappa shape index (κ2) is 8.93. The van der Waals surface area contributed by atoms with Crippen LogP contribution in [0.1, 0.15) is 43.2 Å². The Hall–Kier alpha value is -1.53. The molecule has 0 aliphatic carbocycles. The third kappa shape index (κ3) is 5.55. The Kier molecular flexibility index (Phi) is 6.92. The minimum atomic E-state index is -2.43. The fourth-order valence-corrected chi connectivity index (χ4v) is 2.95. The average molecular weight is 325 g/mol. The van der Waals surface area contributed by atoms with Crippen LogP contribution in [0.3, 0.4) is 0 Å². The van der Waals surface area contributed by atoms with E-state index >= 15 is 0 Å². The van der Waals surface area contributed by atoms with Crippen molar-refractivity contribution < 1.29 is 13.6 Å². The number of halogens is 2. The fourth-order valence-electron chi connectivity index (χ4n) is 2.95. The lowest BCUT2D eigenvalue weighted by Gasteiger charge is -2.36. The number of carbonyl (C=O) groups excluding carboxylic acids is 1. The van der Waals surface area contributed by atoms with E-state index in [9.17, 15) is 13.6 Å². The van der Waals surface area contributed by atoms with Gasteiger partial charge in [-0.05, 0) is 24.9 Å². The van der Waals surface area contributed by atoms with Crippen LogP contribution in [-0.2, 0) is 11.3 Å². The number of piperidine rings is 1. The molecule has 1 unspecified atom stereocenters. The molecule has 0 saturated carbocycles. The van der Waals surface area contributed by atoms with Crippen LogP contribution in [0.15, 0.2) is 24.3 Å². The minimum absolute atomic E-state index is 0.0145. The molecule has 2 rings (SSSR count). The molecule has 1 aromatic carbocycles. The topological polar surface area (TPSA) is 58.4 Å². The number of likely N-dealkylation sites (tertiary alicyclic amines) is 1. The van der Waals surface area contributed by atoms with Crippen LogP contribution >= 0.6 is 0 Å². The number of nitrogens with one attached hydrogen (secondary N) is 1. The van der Waals surface area contributed by atoms with Gasteiger partial charge in [-0.15, -0.1) is 0 Å². The highest BCUT2D eigenvalue weighted by Crippen LogP contribution is 2.22. The van der Waals surface area contributed by atoms with E-state index in [1.54, 1.807) is 12.1 Å². The highest BCUT2D eigenvalue weighted by molar-refractivity contribution is 5.76. The molecule has 4 nitrogen and oxygen atoms in total. The lowest BCUT2D eigenvalue weighted by Crippen LogP contribution is -2.46. The predicted molar refractivity (Wildman–Crippen MR) is 86.1 cm³/mol. The first kappa shape index (κ1) is 17.8. The van der Waals surface area contributed by atoms with Crippen molar-refractivity contribution >= 4 is 5.91 Å². The van der Waals surface area contributed by atoms with Crippen molar-refractivity contribution in [3.05, 3.63) is 35.4 Å². The summed E-state index contributed by atoms with van der Waals surface area (Å²) in [5.74, 6) is -0.0145. The molecule has 0 bridgehead atoms. The van der Waals surface area contributed by atoms with Gasteiger partial charge < -0.3 is 11.1 Å². The quantitative estimate of drug-likeness (QED) is 0.809. The number of hydrogen-bond acceptors (Lipinski definition) is 3. The first-order chi connectivity index (χ1) is 11.1. The summed E-state index contributed by atoms with van der Waals surface area (Å²) in [6, 6.07) is 6.80. The number of nitrogens with two attached hydrogens (primary N) is 1. The van der Waals surface area contributed by atoms with Crippen molar-refractivity contribution in [3.63, 3.8) is 0 Å². The summed E-state index contributed by atoms with van der Waals surface area (Å²) in [5, 5.41) is 2.93. The van der Waals surface area contributed by atoms with Crippen molar-refractivity contribution in [3.8, 4) is 0 Å². The van der Waals surface area contributed by atoms with Gasteiger partial charge in [-0.25, -0.2) is 8.78 Å². The first-order valence-corrected chi connectivity index (χ1v) is 8.18. The number of rotatable bonds is 7. The Morgan fingerprint density at radius 3 is 2.70 bits per heavy atom. The smallest absolute Gasteiger partial charge is 0.263 e. The van der Waals surface area contributed by atoms with Crippen LogP contribution in [0.4, 0.5) is 8.78 Å². The third-order valence-corrected chi connectivity index (χ3v) is 4.27. The first-order valence-electron chi connectivity index (χ1n) is 8.18. The van der Waals surface area contributed by atoms with Gasteiger partial charge in [-0.1, -0.05) is 30.7 Å². The largest absolute Gasteiger partial charge is 0.354 e. The molecule has 1 aliphatic heterocycles. The summed E-state index contributed by atoms with van der Waals surface area (Å²) in [4.78, 5) is 13.9. The summed E-state index contributed by atoms with van der Waals surface area (Å²) in [7, 11) is 0. The molecule has 6 heteroatoms. The summed E-state index contributed by atoms with van der Waals surface area (Å²) >= 11 is 0. The van der Waals surface area contributed by atoms with Gasteiger partial charge in [0.25, 0.3) is 6.43 Å². The Morgan fingerprint density at radius 1 is 1.30 bits per heavy atom. The molecule has 3 N–H and O–H groups in total. The Labute approximate surface area is 136 Å². The molecule has 1 aliphatic rings. The zero-order valence-corrected chi connectivity index (χ0v) is 13.3. The molecule has 128 valence electrons. The number of nitrogens with zero attached hydrogens (tertiary/aromatic N) is 1. The molecule has 1 amide bonds.